The van der Waals surface area contributed by atoms with Gasteiger partial charge in [0.25, 0.3) is 10.0 Å². The van der Waals surface area contributed by atoms with Gasteiger partial charge in [0.05, 0.1) is 10.6 Å². The molecule has 0 amide bonds. The summed E-state index contributed by atoms with van der Waals surface area (Å²) in [6, 6.07) is 13.3. The van der Waals surface area contributed by atoms with Crippen molar-refractivity contribution in [2.75, 3.05) is 0 Å². The Bertz CT molecular complexity index is 774. The van der Waals surface area contributed by atoms with Gasteiger partial charge in [-0.15, -0.1) is 0 Å². The van der Waals surface area contributed by atoms with Crippen LogP contribution >= 0.6 is 27.5 Å². The highest BCUT2D eigenvalue weighted by Crippen LogP contribution is 2.15. The Kier molecular flexibility index (Phi) is 5.03. The van der Waals surface area contributed by atoms with Gasteiger partial charge in [-0.05, 0) is 48.9 Å². The molecule has 0 aliphatic rings. The van der Waals surface area contributed by atoms with E-state index < -0.39 is 10.0 Å². The fourth-order valence-corrected chi connectivity index (χ4v) is 2.96. The SMILES string of the molecule is C/C(=N\NS(=O)(=O)c1ccc(Cl)cc1)c1cccc(Br)c1. The van der Waals surface area contributed by atoms with E-state index in [1.807, 2.05) is 24.3 Å². The number of hydrogen-bond acceptors (Lipinski definition) is 3. The molecule has 2 rings (SSSR count). The summed E-state index contributed by atoms with van der Waals surface area (Å²) in [6.45, 7) is 1.73. The summed E-state index contributed by atoms with van der Waals surface area (Å²) in [6.07, 6.45) is 0. The van der Waals surface area contributed by atoms with Gasteiger partial charge < -0.3 is 0 Å². The molecular weight excluding hydrogens is 376 g/mol. The molecule has 0 aromatic heterocycles. The zero-order valence-corrected chi connectivity index (χ0v) is 14.2. The summed E-state index contributed by atoms with van der Waals surface area (Å²) >= 11 is 9.10. The molecule has 0 radical (unpaired) electrons. The van der Waals surface area contributed by atoms with Crippen LogP contribution in [0.3, 0.4) is 0 Å². The van der Waals surface area contributed by atoms with E-state index in [-0.39, 0.29) is 4.90 Å². The second-order valence-corrected chi connectivity index (χ2v) is 7.27. The summed E-state index contributed by atoms with van der Waals surface area (Å²) in [7, 11) is -3.70. The summed E-state index contributed by atoms with van der Waals surface area (Å²) in [5.74, 6) is 0. The molecule has 0 spiro atoms. The number of benzene rings is 2. The van der Waals surface area contributed by atoms with E-state index >= 15 is 0 Å². The minimum absolute atomic E-state index is 0.109. The number of halogens is 2. The monoisotopic (exact) mass is 386 g/mol. The van der Waals surface area contributed by atoms with Gasteiger partial charge in [0.15, 0.2) is 0 Å². The van der Waals surface area contributed by atoms with Gasteiger partial charge in [-0.1, -0.05) is 39.7 Å². The molecule has 7 heteroatoms. The third kappa shape index (κ3) is 4.30. The van der Waals surface area contributed by atoms with E-state index in [2.05, 4.69) is 25.9 Å². The van der Waals surface area contributed by atoms with Gasteiger partial charge in [0.2, 0.25) is 0 Å². The van der Waals surface area contributed by atoms with Crippen LogP contribution in [0.25, 0.3) is 0 Å². The summed E-state index contributed by atoms with van der Waals surface area (Å²) in [5.41, 5.74) is 1.39. The van der Waals surface area contributed by atoms with Crippen LogP contribution in [0, 0.1) is 0 Å². The van der Waals surface area contributed by atoms with Crippen molar-refractivity contribution in [3.8, 4) is 0 Å². The van der Waals surface area contributed by atoms with Crippen molar-refractivity contribution >= 4 is 43.3 Å². The van der Waals surface area contributed by atoms with Gasteiger partial charge >= 0.3 is 0 Å². The normalized spacial score (nSPS) is 12.2. The lowest BCUT2D eigenvalue weighted by Gasteiger charge is -2.06. The second-order valence-electron chi connectivity index (χ2n) is 4.26. The Morgan fingerprint density at radius 1 is 1.19 bits per heavy atom. The van der Waals surface area contributed by atoms with Crippen molar-refractivity contribution in [2.24, 2.45) is 5.10 Å². The smallest absolute Gasteiger partial charge is 0.200 e. The topological polar surface area (TPSA) is 58.5 Å². The fourth-order valence-electron chi connectivity index (χ4n) is 1.57. The highest BCUT2D eigenvalue weighted by atomic mass is 79.9. The zero-order valence-electron chi connectivity index (χ0n) is 11.0. The molecule has 110 valence electrons. The van der Waals surface area contributed by atoms with Crippen molar-refractivity contribution in [3.63, 3.8) is 0 Å². The van der Waals surface area contributed by atoms with Crippen molar-refractivity contribution in [2.45, 2.75) is 11.8 Å². The van der Waals surface area contributed by atoms with Crippen LogP contribution in [-0.4, -0.2) is 14.1 Å². The van der Waals surface area contributed by atoms with E-state index in [0.717, 1.165) is 10.0 Å². The maximum Gasteiger partial charge on any atom is 0.276 e. The molecule has 0 saturated carbocycles. The number of hydrazone groups is 1. The molecule has 0 saturated heterocycles. The molecule has 21 heavy (non-hydrogen) atoms. The molecule has 2 aromatic carbocycles. The average molecular weight is 388 g/mol. The molecule has 0 fully saturated rings. The van der Waals surface area contributed by atoms with E-state index in [9.17, 15) is 8.42 Å². The average Bonchev–Trinajstić information content (AvgIpc) is 2.45. The van der Waals surface area contributed by atoms with E-state index in [0.29, 0.717) is 10.7 Å². The minimum Gasteiger partial charge on any atom is -0.200 e. The van der Waals surface area contributed by atoms with E-state index in [4.69, 9.17) is 11.6 Å². The first-order valence-electron chi connectivity index (χ1n) is 5.96. The number of sulfonamides is 1. The molecule has 2 aromatic rings. The maximum atomic E-state index is 12.1. The second kappa shape index (κ2) is 6.60. The quantitative estimate of drug-likeness (QED) is 0.640. The molecule has 0 bridgehead atoms. The van der Waals surface area contributed by atoms with Gasteiger partial charge in [-0.2, -0.15) is 18.4 Å². The lowest BCUT2D eigenvalue weighted by molar-refractivity contribution is 0.584. The van der Waals surface area contributed by atoms with E-state index in [1.165, 1.54) is 24.3 Å². The van der Waals surface area contributed by atoms with Crippen LogP contribution in [0.4, 0.5) is 0 Å². The van der Waals surface area contributed by atoms with Gasteiger partial charge in [0.1, 0.15) is 0 Å². The van der Waals surface area contributed by atoms with Gasteiger partial charge in [0, 0.05) is 9.50 Å². The van der Waals surface area contributed by atoms with Gasteiger partial charge in [-0.25, -0.2) is 0 Å². The van der Waals surface area contributed by atoms with Crippen molar-refractivity contribution in [1.29, 1.82) is 0 Å². The lowest BCUT2D eigenvalue weighted by atomic mass is 10.1. The molecule has 0 unspecified atom stereocenters. The first-order chi connectivity index (χ1) is 9.88. The Balaban J connectivity index is 2.21. The van der Waals surface area contributed by atoms with E-state index in [1.54, 1.807) is 6.92 Å². The lowest BCUT2D eigenvalue weighted by Crippen LogP contribution is -2.19. The molecule has 0 aliphatic heterocycles. The molecule has 0 atom stereocenters. The Morgan fingerprint density at radius 3 is 2.48 bits per heavy atom. The van der Waals surface area contributed by atoms with Crippen molar-refractivity contribution in [3.05, 3.63) is 63.6 Å². The largest absolute Gasteiger partial charge is 0.276 e. The molecular formula is C14H12BrClN2O2S. The number of nitrogens with zero attached hydrogens (tertiary/aromatic N) is 1. The van der Waals surface area contributed by atoms with Crippen LogP contribution in [-0.2, 0) is 10.0 Å². The first kappa shape index (κ1) is 16.0. The van der Waals surface area contributed by atoms with Crippen LogP contribution in [0.15, 0.2) is 63.0 Å². The molecule has 1 N–H and O–H groups in total. The van der Waals surface area contributed by atoms with Gasteiger partial charge in [-0.3, -0.25) is 0 Å². The Hall–Kier alpha value is -1.37. The number of nitrogens with one attached hydrogen (secondary N) is 1. The molecule has 0 heterocycles. The van der Waals surface area contributed by atoms with Crippen molar-refractivity contribution in [1.82, 2.24) is 4.83 Å². The third-order valence-corrected chi connectivity index (χ3v) is 4.67. The maximum absolute atomic E-state index is 12.1. The summed E-state index contributed by atoms with van der Waals surface area (Å²) in [5, 5.41) is 4.41. The summed E-state index contributed by atoms with van der Waals surface area (Å²) < 4.78 is 25.0. The molecule has 0 aliphatic carbocycles. The van der Waals surface area contributed by atoms with Crippen LogP contribution in [0.1, 0.15) is 12.5 Å². The standard InChI is InChI=1S/C14H12BrClN2O2S/c1-10(11-3-2-4-12(15)9-11)17-18-21(19,20)14-7-5-13(16)6-8-14/h2-9,18H,1H3/b17-10+. The highest BCUT2D eigenvalue weighted by molar-refractivity contribution is 9.10. The Morgan fingerprint density at radius 2 is 1.86 bits per heavy atom. The fraction of sp³-hybridized carbons (Fsp3) is 0.0714. The highest BCUT2D eigenvalue weighted by Gasteiger charge is 2.12. The Labute approximate surface area is 137 Å². The van der Waals surface area contributed by atoms with Crippen LogP contribution < -0.4 is 4.83 Å². The van der Waals surface area contributed by atoms with Crippen LogP contribution in [0.2, 0.25) is 5.02 Å². The third-order valence-electron chi connectivity index (χ3n) is 2.70. The summed E-state index contributed by atoms with van der Waals surface area (Å²) in [4.78, 5) is 2.32. The minimum atomic E-state index is -3.70. The molecule has 4 nitrogen and oxygen atoms in total. The number of rotatable bonds is 4. The van der Waals surface area contributed by atoms with Crippen molar-refractivity contribution < 1.29 is 8.42 Å². The number of hydrogen-bond donors (Lipinski definition) is 1. The zero-order chi connectivity index (χ0) is 15.5. The first-order valence-corrected chi connectivity index (χ1v) is 8.61. The predicted molar refractivity (Wildman–Crippen MR) is 88.1 cm³/mol. The predicted octanol–water partition coefficient (Wildman–Crippen LogP) is 3.81. The van der Waals surface area contributed by atoms with Crippen LogP contribution in [0.5, 0.6) is 0 Å².